The lowest BCUT2D eigenvalue weighted by atomic mass is 9.51. The molecule has 4 saturated carbocycles. The van der Waals surface area contributed by atoms with Crippen LogP contribution in [0.25, 0.3) is 0 Å². The largest absolute Gasteiger partial charge is 0.330 e. The molecule has 1 aromatic heterocycles. The summed E-state index contributed by atoms with van der Waals surface area (Å²) in [6.07, 6.45) is 8.50. The quantitative estimate of drug-likeness (QED) is 0.908. The summed E-state index contributed by atoms with van der Waals surface area (Å²) in [5.74, 6) is 4.78. The normalized spacial score (nSPS) is 41.5. The first-order valence-corrected chi connectivity index (χ1v) is 8.35. The molecule has 4 fully saturated rings. The molecule has 98 valence electrons. The number of nitrogens with zero attached hydrogens (tertiary/aromatic N) is 1. The molecule has 3 heteroatoms. The summed E-state index contributed by atoms with van der Waals surface area (Å²) in [7, 11) is 0. The Bertz CT molecular complexity index is 411. The number of hydrogen-bond acceptors (Lipinski definition) is 3. The van der Waals surface area contributed by atoms with Gasteiger partial charge in [-0.3, -0.25) is 0 Å². The molecule has 1 heterocycles. The highest BCUT2D eigenvalue weighted by Gasteiger charge is 2.49. The van der Waals surface area contributed by atoms with E-state index in [1.165, 1.54) is 42.7 Å². The zero-order valence-corrected chi connectivity index (χ0v) is 11.7. The van der Waals surface area contributed by atoms with Crippen molar-refractivity contribution in [2.75, 3.05) is 6.54 Å². The van der Waals surface area contributed by atoms with Gasteiger partial charge in [-0.25, -0.2) is 4.98 Å². The molecule has 4 aliphatic carbocycles. The highest BCUT2D eigenvalue weighted by Crippen LogP contribution is 2.60. The van der Waals surface area contributed by atoms with Gasteiger partial charge < -0.3 is 5.73 Å². The van der Waals surface area contributed by atoms with Crippen LogP contribution in [0.3, 0.4) is 0 Å². The predicted molar refractivity (Wildman–Crippen MR) is 74.7 cm³/mol. The number of rotatable bonds is 3. The van der Waals surface area contributed by atoms with Gasteiger partial charge in [0.1, 0.15) is 0 Å². The maximum atomic E-state index is 5.74. The molecule has 0 aromatic carbocycles. The van der Waals surface area contributed by atoms with Gasteiger partial charge in [0.15, 0.2) is 0 Å². The van der Waals surface area contributed by atoms with Gasteiger partial charge in [-0.2, -0.15) is 0 Å². The first kappa shape index (κ1) is 11.4. The first-order chi connectivity index (χ1) is 8.85. The lowest BCUT2D eigenvalue weighted by molar-refractivity contribution is -0.00422. The van der Waals surface area contributed by atoms with Gasteiger partial charge in [-0.1, -0.05) is 0 Å². The summed E-state index contributed by atoms with van der Waals surface area (Å²) in [5, 5.41) is 0. The van der Waals surface area contributed by atoms with Crippen molar-refractivity contribution in [3.8, 4) is 0 Å². The fourth-order valence-electron chi connectivity index (χ4n) is 5.24. The number of nitrogens with two attached hydrogens (primary N) is 1. The van der Waals surface area contributed by atoms with Crippen molar-refractivity contribution in [1.82, 2.24) is 4.98 Å². The smallest absolute Gasteiger partial charge is 0.0797 e. The van der Waals surface area contributed by atoms with Crippen LogP contribution in [-0.2, 0) is 6.42 Å². The highest BCUT2D eigenvalue weighted by atomic mass is 32.1. The van der Waals surface area contributed by atoms with Gasteiger partial charge in [0, 0.05) is 10.8 Å². The topological polar surface area (TPSA) is 38.9 Å². The standard InChI is InChI=1S/C15H22N2S/c16-2-1-13-15(17-8-18-13)14-11-4-9-3-10(6-11)7-12(14)5-9/h8-12,14H,1-7,16H2. The van der Waals surface area contributed by atoms with Crippen molar-refractivity contribution in [2.24, 2.45) is 29.4 Å². The average molecular weight is 262 g/mol. The zero-order valence-electron chi connectivity index (χ0n) is 10.8. The Kier molecular flexibility index (Phi) is 2.73. The summed E-state index contributed by atoms with van der Waals surface area (Å²) in [6.45, 7) is 0.766. The fourth-order valence-corrected chi connectivity index (χ4v) is 6.08. The van der Waals surface area contributed by atoms with E-state index < -0.39 is 0 Å². The Hall–Kier alpha value is -0.410. The minimum atomic E-state index is 0.766. The van der Waals surface area contributed by atoms with E-state index in [4.69, 9.17) is 10.7 Å². The minimum absolute atomic E-state index is 0.766. The van der Waals surface area contributed by atoms with Gasteiger partial charge in [-0.15, -0.1) is 11.3 Å². The van der Waals surface area contributed by atoms with Crippen molar-refractivity contribution in [1.29, 1.82) is 0 Å². The summed E-state index contributed by atoms with van der Waals surface area (Å²) < 4.78 is 0. The lowest BCUT2D eigenvalue weighted by Gasteiger charge is -2.54. The van der Waals surface area contributed by atoms with Crippen LogP contribution >= 0.6 is 11.3 Å². The molecule has 2 N–H and O–H groups in total. The monoisotopic (exact) mass is 262 g/mol. The molecule has 18 heavy (non-hydrogen) atoms. The Balaban J connectivity index is 1.66. The molecular formula is C15H22N2S. The second kappa shape index (κ2) is 4.31. The van der Waals surface area contributed by atoms with E-state index in [0.29, 0.717) is 0 Å². The van der Waals surface area contributed by atoms with Crippen LogP contribution < -0.4 is 5.73 Å². The average Bonchev–Trinajstić information content (AvgIpc) is 2.76. The van der Waals surface area contributed by atoms with E-state index in [1.54, 1.807) is 0 Å². The number of hydrogen-bond donors (Lipinski definition) is 1. The Morgan fingerprint density at radius 2 is 1.78 bits per heavy atom. The second-order valence-corrected chi connectivity index (χ2v) is 7.60. The number of aromatic nitrogens is 1. The lowest BCUT2D eigenvalue weighted by Crippen LogP contribution is -2.44. The summed E-state index contributed by atoms with van der Waals surface area (Å²) in [4.78, 5) is 6.23. The van der Waals surface area contributed by atoms with Crippen LogP contribution in [0.2, 0.25) is 0 Å². The molecule has 0 saturated heterocycles. The molecule has 2 nitrogen and oxygen atoms in total. The molecule has 4 aliphatic rings. The number of thiazole rings is 1. The summed E-state index contributed by atoms with van der Waals surface area (Å²) in [6, 6.07) is 0. The summed E-state index contributed by atoms with van der Waals surface area (Å²) >= 11 is 1.83. The van der Waals surface area contributed by atoms with Crippen molar-refractivity contribution in [3.05, 3.63) is 16.1 Å². The van der Waals surface area contributed by atoms with Crippen molar-refractivity contribution in [3.63, 3.8) is 0 Å². The van der Waals surface area contributed by atoms with Gasteiger partial charge in [0.2, 0.25) is 0 Å². The SMILES string of the molecule is NCCc1scnc1C1C2CC3CC(C2)CC1C3. The Labute approximate surface area is 113 Å². The van der Waals surface area contributed by atoms with E-state index in [-0.39, 0.29) is 0 Å². The van der Waals surface area contributed by atoms with E-state index >= 15 is 0 Å². The van der Waals surface area contributed by atoms with E-state index in [0.717, 1.165) is 42.6 Å². The van der Waals surface area contributed by atoms with Crippen LogP contribution in [0.1, 0.15) is 48.6 Å². The van der Waals surface area contributed by atoms with Gasteiger partial charge in [-0.05, 0) is 68.7 Å². The fraction of sp³-hybridized carbons (Fsp3) is 0.800. The van der Waals surface area contributed by atoms with E-state index in [1.807, 2.05) is 16.8 Å². The first-order valence-electron chi connectivity index (χ1n) is 7.47. The van der Waals surface area contributed by atoms with Gasteiger partial charge in [0.25, 0.3) is 0 Å². The second-order valence-electron chi connectivity index (χ2n) is 6.66. The minimum Gasteiger partial charge on any atom is -0.330 e. The van der Waals surface area contributed by atoms with E-state index in [9.17, 15) is 0 Å². The Morgan fingerprint density at radius 3 is 2.39 bits per heavy atom. The Morgan fingerprint density at radius 1 is 1.11 bits per heavy atom. The van der Waals surface area contributed by atoms with Gasteiger partial charge >= 0.3 is 0 Å². The van der Waals surface area contributed by atoms with Gasteiger partial charge in [0.05, 0.1) is 11.2 Å². The maximum absolute atomic E-state index is 5.74. The third-order valence-electron chi connectivity index (χ3n) is 5.59. The van der Waals surface area contributed by atoms with Crippen LogP contribution in [0.4, 0.5) is 0 Å². The zero-order chi connectivity index (χ0) is 12.1. The molecule has 0 radical (unpaired) electrons. The molecule has 5 rings (SSSR count). The molecule has 1 aromatic rings. The molecule has 0 unspecified atom stereocenters. The molecule has 4 bridgehead atoms. The molecule has 0 amide bonds. The van der Waals surface area contributed by atoms with Crippen molar-refractivity contribution in [2.45, 2.75) is 44.4 Å². The molecular weight excluding hydrogens is 240 g/mol. The maximum Gasteiger partial charge on any atom is 0.0797 e. The summed E-state index contributed by atoms with van der Waals surface area (Å²) in [5.41, 5.74) is 9.23. The highest BCUT2D eigenvalue weighted by molar-refractivity contribution is 7.09. The van der Waals surface area contributed by atoms with Crippen LogP contribution in [0.5, 0.6) is 0 Å². The van der Waals surface area contributed by atoms with Crippen LogP contribution in [0.15, 0.2) is 5.51 Å². The molecule has 0 aliphatic heterocycles. The predicted octanol–water partition coefficient (Wildman–Crippen LogP) is 3.18. The van der Waals surface area contributed by atoms with Crippen molar-refractivity contribution >= 4 is 11.3 Å². The van der Waals surface area contributed by atoms with Crippen molar-refractivity contribution < 1.29 is 0 Å². The van der Waals surface area contributed by atoms with E-state index in [2.05, 4.69) is 0 Å². The third kappa shape index (κ3) is 1.67. The molecule has 0 atom stereocenters. The van der Waals surface area contributed by atoms with Crippen LogP contribution in [0, 0.1) is 23.7 Å². The molecule has 0 spiro atoms. The van der Waals surface area contributed by atoms with Crippen LogP contribution in [-0.4, -0.2) is 11.5 Å². The third-order valence-corrected chi connectivity index (χ3v) is 6.49.